The third-order valence-electron chi connectivity index (χ3n) is 1.98. The molecule has 1 aromatic rings. The minimum Gasteiger partial charge on any atom is -0.396 e. The van der Waals surface area contributed by atoms with Gasteiger partial charge in [0, 0.05) is 17.9 Å². The third kappa shape index (κ3) is 2.27. The van der Waals surface area contributed by atoms with E-state index < -0.39 is 12.2 Å². The lowest BCUT2D eigenvalue weighted by Gasteiger charge is -2.15. The quantitative estimate of drug-likeness (QED) is 0.510. The molecule has 13 heavy (non-hydrogen) atoms. The van der Waals surface area contributed by atoms with Gasteiger partial charge in [-0.25, -0.2) is 0 Å². The molecule has 0 fully saturated rings. The van der Waals surface area contributed by atoms with Gasteiger partial charge < -0.3 is 15.3 Å². The SMILES string of the molecule is Cc1[nH]ncc1C(O)C(O)CCO. The Hall–Kier alpha value is -0.910. The van der Waals surface area contributed by atoms with Gasteiger partial charge in [-0.15, -0.1) is 0 Å². The summed E-state index contributed by atoms with van der Waals surface area (Å²) in [6, 6.07) is 0. The number of H-pyrrole nitrogens is 1. The summed E-state index contributed by atoms with van der Waals surface area (Å²) in [4.78, 5) is 0. The molecular weight excluding hydrogens is 172 g/mol. The first-order valence-electron chi connectivity index (χ1n) is 4.13. The smallest absolute Gasteiger partial charge is 0.108 e. The van der Waals surface area contributed by atoms with Crippen molar-refractivity contribution in [3.05, 3.63) is 17.5 Å². The molecule has 1 heterocycles. The lowest BCUT2D eigenvalue weighted by atomic mass is 10.0. The molecular formula is C8H14N2O3. The molecule has 2 atom stereocenters. The minimum atomic E-state index is -0.981. The molecule has 0 aliphatic heterocycles. The molecule has 0 radical (unpaired) electrons. The largest absolute Gasteiger partial charge is 0.396 e. The number of aromatic amines is 1. The summed E-state index contributed by atoms with van der Waals surface area (Å²) < 4.78 is 0. The molecule has 1 rings (SSSR count). The van der Waals surface area contributed by atoms with Crippen LogP contribution >= 0.6 is 0 Å². The van der Waals surface area contributed by atoms with E-state index in [1.165, 1.54) is 6.20 Å². The van der Waals surface area contributed by atoms with Crippen molar-refractivity contribution in [2.45, 2.75) is 25.6 Å². The van der Waals surface area contributed by atoms with E-state index in [2.05, 4.69) is 10.2 Å². The molecule has 0 aromatic carbocycles. The van der Waals surface area contributed by atoms with E-state index in [0.29, 0.717) is 5.56 Å². The zero-order valence-electron chi connectivity index (χ0n) is 7.44. The van der Waals surface area contributed by atoms with Gasteiger partial charge in [0.15, 0.2) is 0 Å². The van der Waals surface area contributed by atoms with Crippen LogP contribution in [0.2, 0.25) is 0 Å². The van der Waals surface area contributed by atoms with E-state index in [4.69, 9.17) is 5.11 Å². The highest BCUT2D eigenvalue weighted by Gasteiger charge is 2.20. The van der Waals surface area contributed by atoms with Crippen LogP contribution in [-0.4, -0.2) is 38.2 Å². The summed E-state index contributed by atoms with van der Waals surface area (Å²) in [6.07, 6.45) is -0.293. The number of aryl methyl sites for hydroxylation is 1. The van der Waals surface area contributed by atoms with E-state index in [1.54, 1.807) is 6.92 Å². The Morgan fingerprint density at radius 1 is 1.54 bits per heavy atom. The van der Waals surface area contributed by atoms with Crippen LogP contribution in [0, 0.1) is 6.92 Å². The topological polar surface area (TPSA) is 89.4 Å². The number of aromatic nitrogens is 2. The van der Waals surface area contributed by atoms with Crippen molar-refractivity contribution in [2.24, 2.45) is 0 Å². The van der Waals surface area contributed by atoms with Crippen molar-refractivity contribution in [3.8, 4) is 0 Å². The predicted molar refractivity (Wildman–Crippen MR) is 46.0 cm³/mol. The molecule has 0 aliphatic carbocycles. The lowest BCUT2D eigenvalue weighted by molar-refractivity contribution is 0.00389. The molecule has 0 spiro atoms. The number of aliphatic hydroxyl groups excluding tert-OH is 3. The minimum absolute atomic E-state index is 0.144. The highest BCUT2D eigenvalue weighted by molar-refractivity contribution is 5.18. The first-order valence-corrected chi connectivity index (χ1v) is 4.13. The van der Waals surface area contributed by atoms with E-state index in [1.807, 2.05) is 0 Å². The summed E-state index contributed by atoms with van der Waals surface area (Å²) in [5.41, 5.74) is 1.30. The second kappa shape index (κ2) is 4.36. The first kappa shape index (κ1) is 10.2. The zero-order chi connectivity index (χ0) is 9.84. The number of aliphatic hydroxyl groups is 3. The van der Waals surface area contributed by atoms with Gasteiger partial charge in [0.05, 0.1) is 12.3 Å². The van der Waals surface area contributed by atoms with Gasteiger partial charge in [0.25, 0.3) is 0 Å². The molecule has 0 bridgehead atoms. The zero-order valence-corrected chi connectivity index (χ0v) is 7.44. The summed E-state index contributed by atoms with van der Waals surface area (Å²) in [7, 11) is 0. The van der Waals surface area contributed by atoms with Crippen LogP contribution < -0.4 is 0 Å². The fourth-order valence-electron chi connectivity index (χ4n) is 1.16. The normalized spacial score (nSPS) is 15.7. The maximum Gasteiger partial charge on any atom is 0.108 e. The number of nitrogens with zero attached hydrogens (tertiary/aromatic N) is 1. The maximum absolute atomic E-state index is 9.57. The van der Waals surface area contributed by atoms with Crippen LogP contribution in [0.4, 0.5) is 0 Å². The van der Waals surface area contributed by atoms with Crippen LogP contribution in [-0.2, 0) is 0 Å². The average Bonchev–Trinajstić information content (AvgIpc) is 2.50. The average molecular weight is 186 g/mol. The molecule has 5 nitrogen and oxygen atoms in total. The Bertz CT molecular complexity index is 262. The molecule has 5 heteroatoms. The number of hydrogen-bond donors (Lipinski definition) is 4. The van der Waals surface area contributed by atoms with E-state index in [-0.39, 0.29) is 13.0 Å². The van der Waals surface area contributed by atoms with Gasteiger partial charge in [0.1, 0.15) is 6.10 Å². The summed E-state index contributed by atoms with van der Waals surface area (Å²) in [5.74, 6) is 0. The number of hydrogen-bond acceptors (Lipinski definition) is 4. The maximum atomic E-state index is 9.57. The van der Waals surface area contributed by atoms with Gasteiger partial charge in [0.2, 0.25) is 0 Å². The second-order valence-electron chi connectivity index (χ2n) is 2.97. The van der Waals surface area contributed by atoms with Crippen LogP contribution in [0.3, 0.4) is 0 Å². The van der Waals surface area contributed by atoms with Gasteiger partial charge in [-0.2, -0.15) is 5.10 Å². The van der Waals surface area contributed by atoms with Crippen molar-refractivity contribution < 1.29 is 15.3 Å². The number of rotatable bonds is 4. The molecule has 0 saturated carbocycles. The van der Waals surface area contributed by atoms with Crippen LogP contribution in [0.25, 0.3) is 0 Å². The monoisotopic (exact) mass is 186 g/mol. The van der Waals surface area contributed by atoms with Gasteiger partial charge in [-0.3, -0.25) is 5.10 Å². The number of nitrogens with one attached hydrogen (secondary N) is 1. The molecule has 0 aliphatic rings. The van der Waals surface area contributed by atoms with Gasteiger partial charge >= 0.3 is 0 Å². The lowest BCUT2D eigenvalue weighted by Crippen LogP contribution is -2.19. The third-order valence-corrected chi connectivity index (χ3v) is 1.98. The van der Waals surface area contributed by atoms with Crippen molar-refractivity contribution in [2.75, 3.05) is 6.61 Å². The fraction of sp³-hybridized carbons (Fsp3) is 0.625. The first-order chi connectivity index (χ1) is 6.16. The van der Waals surface area contributed by atoms with Crippen molar-refractivity contribution >= 4 is 0 Å². The Morgan fingerprint density at radius 2 is 2.23 bits per heavy atom. The molecule has 2 unspecified atom stereocenters. The fourth-order valence-corrected chi connectivity index (χ4v) is 1.16. The van der Waals surface area contributed by atoms with Gasteiger partial charge in [-0.1, -0.05) is 0 Å². The van der Waals surface area contributed by atoms with E-state index in [0.717, 1.165) is 5.69 Å². The van der Waals surface area contributed by atoms with Gasteiger partial charge in [-0.05, 0) is 13.3 Å². The van der Waals surface area contributed by atoms with Crippen LogP contribution in [0.1, 0.15) is 23.8 Å². The summed E-state index contributed by atoms with van der Waals surface area (Å²) in [6.45, 7) is 1.62. The molecule has 74 valence electrons. The standard InChI is InChI=1S/C8H14N2O3/c1-5-6(4-9-10-5)8(13)7(12)2-3-11/h4,7-8,11-13H,2-3H2,1H3,(H,9,10). The van der Waals surface area contributed by atoms with Crippen molar-refractivity contribution in [1.29, 1.82) is 0 Å². The van der Waals surface area contributed by atoms with Crippen molar-refractivity contribution in [1.82, 2.24) is 10.2 Å². The molecule has 1 aromatic heterocycles. The second-order valence-corrected chi connectivity index (χ2v) is 2.97. The van der Waals surface area contributed by atoms with Crippen molar-refractivity contribution in [3.63, 3.8) is 0 Å². The Morgan fingerprint density at radius 3 is 2.69 bits per heavy atom. The Kier molecular flexibility index (Phi) is 3.41. The highest BCUT2D eigenvalue weighted by Crippen LogP contribution is 2.20. The summed E-state index contributed by atoms with van der Waals surface area (Å²) in [5, 5.41) is 33.9. The molecule has 0 amide bonds. The Balaban J connectivity index is 2.67. The van der Waals surface area contributed by atoms with Crippen LogP contribution in [0.5, 0.6) is 0 Å². The Labute approximate surface area is 76.0 Å². The van der Waals surface area contributed by atoms with Crippen LogP contribution in [0.15, 0.2) is 6.20 Å². The summed E-state index contributed by atoms with van der Waals surface area (Å²) >= 11 is 0. The highest BCUT2D eigenvalue weighted by atomic mass is 16.3. The van der Waals surface area contributed by atoms with E-state index >= 15 is 0 Å². The molecule has 0 saturated heterocycles. The molecule has 4 N–H and O–H groups in total. The predicted octanol–water partition coefficient (Wildman–Crippen LogP) is -0.505. The van der Waals surface area contributed by atoms with E-state index in [9.17, 15) is 10.2 Å².